The lowest BCUT2D eigenvalue weighted by molar-refractivity contribution is 0.102. The predicted molar refractivity (Wildman–Crippen MR) is 108 cm³/mol. The van der Waals surface area contributed by atoms with Gasteiger partial charge < -0.3 is 15.1 Å². The molecule has 0 aliphatic carbocycles. The largest absolute Gasteiger partial charge is 0.354 e. The van der Waals surface area contributed by atoms with E-state index in [1.807, 2.05) is 49.4 Å². The molecule has 27 heavy (non-hydrogen) atoms. The van der Waals surface area contributed by atoms with Gasteiger partial charge in [-0.3, -0.25) is 9.78 Å². The molecule has 1 aliphatic rings. The van der Waals surface area contributed by atoms with E-state index in [-0.39, 0.29) is 5.91 Å². The third-order valence-corrected chi connectivity index (χ3v) is 4.92. The number of carbonyl (C=O) groups excluding carboxylic acids is 1. The van der Waals surface area contributed by atoms with Gasteiger partial charge in [0, 0.05) is 37.3 Å². The van der Waals surface area contributed by atoms with Gasteiger partial charge in [0.2, 0.25) is 0 Å². The summed E-state index contributed by atoms with van der Waals surface area (Å²) in [5.41, 5.74) is 2.96. The number of likely N-dealkylation sites (N-methyl/N-ethyl adjacent to an activating group) is 1. The smallest absolute Gasteiger partial charge is 0.256 e. The summed E-state index contributed by atoms with van der Waals surface area (Å²) in [4.78, 5) is 26.4. The summed E-state index contributed by atoms with van der Waals surface area (Å²) in [7, 11) is 2.13. The number of piperazine rings is 1. The van der Waals surface area contributed by atoms with E-state index < -0.39 is 0 Å². The number of amides is 1. The maximum atomic E-state index is 12.8. The minimum absolute atomic E-state index is 0.147. The van der Waals surface area contributed by atoms with Crippen LogP contribution in [0.5, 0.6) is 0 Å². The molecule has 1 aliphatic heterocycles. The van der Waals surface area contributed by atoms with E-state index in [1.165, 1.54) is 0 Å². The number of pyridine rings is 2. The Kier molecular flexibility index (Phi) is 4.73. The Hall–Kier alpha value is -2.99. The van der Waals surface area contributed by atoms with Crippen LogP contribution in [0, 0.1) is 6.92 Å². The fraction of sp³-hybridized carbons (Fsp3) is 0.286. The number of hydrogen-bond acceptors (Lipinski definition) is 5. The average Bonchev–Trinajstić information content (AvgIpc) is 2.68. The van der Waals surface area contributed by atoms with Crippen LogP contribution in [0.1, 0.15) is 16.1 Å². The van der Waals surface area contributed by atoms with Crippen LogP contribution in [-0.4, -0.2) is 54.0 Å². The molecule has 1 saturated heterocycles. The maximum Gasteiger partial charge on any atom is 0.256 e. The Balaban J connectivity index is 1.52. The van der Waals surface area contributed by atoms with Crippen LogP contribution in [0.25, 0.3) is 10.9 Å². The highest BCUT2D eigenvalue weighted by Crippen LogP contribution is 2.21. The zero-order chi connectivity index (χ0) is 18.8. The number of benzene rings is 1. The SMILES string of the molecule is Cc1cc(C(=O)Nc2ccc(N3CCN(C)CC3)nc2)c2ccccc2n1. The van der Waals surface area contributed by atoms with Crippen molar-refractivity contribution < 1.29 is 4.79 Å². The zero-order valence-electron chi connectivity index (χ0n) is 15.6. The molecule has 1 fully saturated rings. The second-order valence-electron chi connectivity index (χ2n) is 6.98. The number of para-hydroxylation sites is 1. The third kappa shape index (κ3) is 3.75. The summed E-state index contributed by atoms with van der Waals surface area (Å²) in [5.74, 6) is 0.803. The average molecular weight is 361 g/mol. The van der Waals surface area contributed by atoms with Crippen LogP contribution in [0.4, 0.5) is 11.5 Å². The van der Waals surface area contributed by atoms with Crippen molar-refractivity contribution in [1.29, 1.82) is 0 Å². The number of rotatable bonds is 3. The summed E-state index contributed by atoms with van der Waals surface area (Å²) in [6.45, 7) is 5.91. The highest BCUT2D eigenvalue weighted by atomic mass is 16.1. The quantitative estimate of drug-likeness (QED) is 0.777. The Labute approximate surface area is 158 Å². The molecule has 4 rings (SSSR count). The summed E-state index contributed by atoms with van der Waals surface area (Å²) in [5, 5.41) is 3.81. The molecule has 1 amide bonds. The number of nitrogens with zero attached hydrogens (tertiary/aromatic N) is 4. The van der Waals surface area contributed by atoms with E-state index >= 15 is 0 Å². The number of aryl methyl sites for hydroxylation is 1. The molecule has 138 valence electrons. The topological polar surface area (TPSA) is 61.4 Å². The van der Waals surface area contributed by atoms with Crippen molar-refractivity contribution in [3.05, 3.63) is 59.9 Å². The van der Waals surface area contributed by atoms with Gasteiger partial charge in [-0.1, -0.05) is 18.2 Å². The number of carbonyl (C=O) groups is 1. The highest BCUT2D eigenvalue weighted by molar-refractivity contribution is 6.12. The van der Waals surface area contributed by atoms with E-state index in [0.717, 1.165) is 48.6 Å². The Bertz CT molecular complexity index is 962. The van der Waals surface area contributed by atoms with Crippen molar-refractivity contribution in [2.75, 3.05) is 43.4 Å². The van der Waals surface area contributed by atoms with E-state index in [4.69, 9.17) is 0 Å². The Morgan fingerprint density at radius 3 is 2.59 bits per heavy atom. The van der Waals surface area contributed by atoms with Crippen LogP contribution >= 0.6 is 0 Å². The van der Waals surface area contributed by atoms with Gasteiger partial charge in [-0.25, -0.2) is 4.98 Å². The second kappa shape index (κ2) is 7.32. The van der Waals surface area contributed by atoms with Gasteiger partial charge in [0.05, 0.1) is 23.0 Å². The minimum Gasteiger partial charge on any atom is -0.354 e. The lowest BCUT2D eigenvalue weighted by Gasteiger charge is -2.33. The summed E-state index contributed by atoms with van der Waals surface area (Å²) >= 11 is 0. The fourth-order valence-corrected chi connectivity index (χ4v) is 3.38. The molecule has 0 unspecified atom stereocenters. The number of hydrogen-bond donors (Lipinski definition) is 1. The van der Waals surface area contributed by atoms with E-state index in [9.17, 15) is 4.79 Å². The van der Waals surface area contributed by atoms with E-state index in [1.54, 1.807) is 6.20 Å². The van der Waals surface area contributed by atoms with Crippen molar-refractivity contribution in [2.45, 2.75) is 6.92 Å². The number of aromatic nitrogens is 2. The standard InChI is InChI=1S/C21H23N5O/c1-15-13-18(17-5-3-4-6-19(17)23-15)21(27)24-16-7-8-20(22-14-16)26-11-9-25(2)10-12-26/h3-8,13-14H,9-12H2,1-2H3,(H,24,27). The lowest BCUT2D eigenvalue weighted by atomic mass is 10.1. The van der Waals surface area contributed by atoms with Crippen LogP contribution in [0.2, 0.25) is 0 Å². The highest BCUT2D eigenvalue weighted by Gasteiger charge is 2.16. The molecule has 6 heteroatoms. The first-order valence-corrected chi connectivity index (χ1v) is 9.17. The molecule has 1 aromatic carbocycles. The zero-order valence-corrected chi connectivity index (χ0v) is 15.6. The van der Waals surface area contributed by atoms with Crippen LogP contribution in [-0.2, 0) is 0 Å². The van der Waals surface area contributed by atoms with Gasteiger partial charge in [-0.2, -0.15) is 0 Å². The van der Waals surface area contributed by atoms with Gasteiger partial charge >= 0.3 is 0 Å². The molecule has 0 spiro atoms. The van der Waals surface area contributed by atoms with Crippen LogP contribution in [0.3, 0.4) is 0 Å². The van der Waals surface area contributed by atoms with Crippen molar-refractivity contribution in [1.82, 2.24) is 14.9 Å². The maximum absolute atomic E-state index is 12.8. The van der Waals surface area contributed by atoms with Crippen molar-refractivity contribution in [2.24, 2.45) is 0 Å². The first-order valence-electron chi connectivity index (χ1n) is 9.17. The minimum atomic E-state index is -0.147. The Morgan fingerprint density at radius 1 is 1.07 bits per heavy atom. The Morgan fingerprint density at radius 2 is 1.85 bits per heavy atom. The molecule has 0 atom stereocenters. The fourth-order valence-electron chi connectivity index (χ4n) is 3.38. The first-order chi connectivity index (χ1) is 13.1. The number of anilines is 2. The van der Waals surface area contributed by atoms with Crippen LogP contribution < -0.4 is 10.2 Å². The summed E-state index contributed by atoms with van der Waals surface area (Å²) in [6, 6.07) is 13.4. The third-order valence-electron chi connectivity index (χ3n) is 4.92. The van der Waals surface area contributed by atoms with Gasteiger partial charge in [0.15, 0.2) is 0 Å². The summed E-state index contributed by atoms with van der Waals surface area (Å²) in [6.07, 6.45) is 1.72. The molecule has 3 aromatic rings. The summed E-state index contributed by atoms with van der Waals surface area (Å²) < 4.78 is 0. The number of fused-ring (bicyclic) bond motifs is 1. The van der Waals surface area contributed by atoms with Gasteiger partial charge in [-0.15, -0.1) is 0 Å². The predicted octanol–water partition coefficient (Wildman–Crippen LogP) is 2.94. The normalized spacial score (nSPS) is 15.1. The van der Waals surface area contributed by atoms with E-state index in [2.05, 4.69) is 32.1 Å². The molecule has 0 bridgehead atoms. The van der Waals surface area contributed by atoms with Crippen molar-refractivity contribution >= 4 is 28.3 Å². The van der Waals surface area contributed by atoms with Gasteiger partial charge in [0.25, 0.3) is 5.91 Å². The van der Waals surface area contributed by atoms with Crippen molar-refractivity contribution in [3.63, 3.8) is 0 Å². The monoisotopic (exact) mass is 361 g/mol. The van der Waals surface area contributed by atoms with Crippen molar-refractivity contribution in [3.8, 4) is 0 Å². The van der Waals surface area contributed by atoms with Crippen LogP contribution in [0.15, 0.2) is 48.7 Å². The molecule has 0 radical (unpaired) electrons. The van der Waals surface area contributed by atoms with Gasteiger partial charge in [-0.05, 0) is 38.2 Å². The van der Waals surface area contributed by atoms with E-state index in [0.29, 0.717) is 11.3 Å². The molecule has 0 saturated carbocycles. The molecular formula is C21H23N5O. The molecule has 1 N–H and O–H groups in total. The number of nitrogens with one attached hydrogen (secondary N) is 1. The molecule has 3 heterocycles. The molecule has 2 aromatic heterocycles. The molecular weight excluding hydrogens is 338 g/mol. The second-order valence-corrected chi connectivity index (χ2v) is 6.98. The van der Waals surface area contributed by atoms with Gasteiger partial charge in [0.1, 0.15) is 5.82 Å². The molecule has 6 nitrogen and oxygen atoms in total. The first kappa shape index (κ1) is 17.4. The lowest BCUT2D eigenvalue weighted by Crippen LogP contribution is -2.44.